The molecule has 0 amide bonds. The Labute approximate surface area is 127 Å². The van der Waals surface area contributed by atoms with Gasteiger partial charge in [-0.05, 0) is 49.2 Å². The van der Waals surface area contributed by atoms with Gasteiger partial charge >= 0.3 is 6.18 Å². The maximum absolute atomic E-state index is 12.9. The average Bonchev–Trinajstić information content (AvgIpc) is 3.19. The number of thiocarbonyl (C=S) groups is 1. The summed E-state index contributed by atoms with van der Waals surface area (Å²) in [6, 6.07) is 3.82. The van der Waals surface area contributed by atoms with E-state index in [0.717, 1.165) is 18.7 Å². The van der Waals surface area contributed by atoms with Crippen molar-refractivity contribution in [2.24, 2.45) is 5.92 Å². The molecule has 1 fully saturated rings. The summed E-state index contributed by atoms with van der Waals surface area (Å²) in [5, 5.41) is 6.20. The second-order valence-electron chi connectivity index (χ2n) is 5.44. The Balaban J connectivity index is 2.12. The molecule has 21 heavy (non-hydrogen) atoms. The van der Waals surface area contributed by atoms with Crippen molar-refractivity contribution < 1.29 is 13.2 Å². The molecule has 1 aromatic carbocycles. The zero-order chi connectivity index (χ0) is 15.6. The number of benzene rings is 1. The Bertz CT molecular complexity index is 525. The third-order valence-electron chi connectivity index (χ3n) is 3.27. The number of nitrogens with one attached hydrogen (secondary N) is 2. The lowest BCUT2D eigenvalue weighted by molar-refractivity contribution is -0.137. The molecule has 3 nitrogen and oxygen atoms in total. The Morgan fingerprint density at radius 3 is 2.48 bits per heavy atom. The summed E-state index contributed by atoms with van der Waals surface area (Å²) in [5.74, 6) is 0.642. The van der Waals surface area contributed by atoms with Crippen LogP contribution in [0.2, 0.25) is 0 Å². The van der Waals surface area contributed by atoms with Crippen LogP contribution in [0, 0.1) is 5.92 Å². The lowest BCUT2D eigenvalue weighted by atomic mass is 10.1. The van der Waals surface area contributed by atoms with Crippen LogP contribution in [0.25, 0.3) is 0 Å². The van der Waals surface area contributed by atoms with Crippen LogP contribution in [0.5, 0.6) is 0 Å². The van der Waals surface area contributed by atoms with E-state index in [1.807, 2.05) is 0 Å². The first-order valence-electron chi connectivity index (χ1n) is 6.70. The van der Waals surface area contributed by atoms with E-state index in [2.05, 4.69) is 10.6 Å². The molecule has 0 heterocycles. The molecule has 0 aromatic heterocycles. The maximum atomic E-state index is 12.9. The van der Waals surface area contributed by atoms with Crippen molar-refractivity contribution in [3.8, 4) is 0 Å². The fourth-order valence-corrected chi connectivity index (χ4v) is 2.04. The minimum atomic E-state index is -4.38. The number of halogens is 3. The molecule has 0 radical (unpaired) electrons. The lowest BCUT2D eigenvalue weighted by Gasteiger charge is -2.18. The molecule has 1 saturated carbocycles. The molecule has 1 aliphatic rings. The van der Waals surface area contributed by atoms with Gasteiger partial charge < -0.3 is 15.5 Å². The van der Waals surface area contributed by atoms with Crippen molar-refractivity contribution in [2.45, 2.75) is 19.0 Å². The van der Waals surface area contributed by atoms with Crippen molar-refractivity contribution in [2.75, 3.05) is 30.9 Å². The van der Waals surface area contributed by atoms with Crippen LogP contribution in [0.3, 0.4) is 0 Å². The van der Waals surface area contributed by atoms with Gasteiger partial charge in [0.25, 0.3) is 0 Å². The van der Waals surface area contributed by atoms with Gasteiger partial charge in [-0.1, -0.05) is 0 Å². The fraction of sp³-hybridized carbons (Fsp3) is 0.500. The number of nitrogens with zero attached hydrogens (tertiary/aromatic N) is 1. The van der Waals surface area contributed by atoms with E-state index >= 15 is 0 Å². The molecule has 0 bridgehead atoms. The molecule has 1 aliphatic carbocycles. The summed E-state index contributed by atoms with van der Waals surface area (Å²) in [6.45, 7) is 0.769. The molecule has 0 aliphatic heterocycles. The number of hydrogen-bond donors (Lipinski definition) is 2. The van der Waals surface area contributed by atoms with Gasteiger partial charge in [-0.2, -0.15) is 13.2 Å². The van der Waals surface area contributed by atoms with Gasteiger partial charge in [-0.15, -0.1) is 0 Å². The van der Waals surface area contributed by atoms with Crippen LogP contribution in [-0.2, 0) is 6.18 Å². The van der Waals surface area contributed by atoms with E-state index < -0.39 is 11.7 Å². The molecule has 2 rings (SSSR count). The van der Waals surface area contributed by atoms with E-state index in [1.54, 1.807) is 25.1 Å². The first kappa shape index (κ1) is 15.9. The van der Waals surface area contributed by atoms with Crippen LogP contribution in [-0.4, -0.2) is 25.8 Å². The molecule has 2 N–H and O–H groups in total. The molecule has 0 saturated heterocycles. The van der Waals surface area contributed by atoms with Crippen LogP contribution in [0.15, 0.2) is 18.2 Å². The minimum Gasteiger partial charge on any atom is -0.378 e. The Morgan fingerprint density at radius 2 is 1.95 bits per heavy atom. The SMILES string of the molecule is CN(C)c1cc(NC(=S)NCC2CC2)cc(C(F)(F)F)c1. The summed E-state index contributed by atoms with van der Waals surface area (Å²) in [7, 11) is 3.39. The second-order valence-corrected chi connectivity index (χ2v) is 5.85. The highest BCUT2D eigenvalue weighted by Gasteiger charge is 2.31. The predicted octanol–water partition coefficient (Wildman–Crippen LogP) is 3.47. The number of alkyl halides is 3. The number of rotatable bonds is 4. The monoisotopic (exact) mass is 317 g/mol. The van der Waals surface area contributed by atoms with E-state index in [4.69, 9.17) is 12.2 Å². The Kier molecular flexibility index (Phi) is 4.61. The molecule has 1 aromatic rings. The van der Waals surface area contributed by atoms with Crippen LogP contribution in [0.4, 0.5) is 24.5 Å². The summed E-state index contributed by atoms with van der Waals surface area (Å²) >= 11 is 5.11. The van der Waals surface area contributed by atoms with Gasteiger partial charge in [0.15, 0.2) is 5.11 Å². The van der Waals surface area contributed by atoms with E-state index in [0.29, 0.717) is 22.4 Å². The van der Waals surface area contributed by atoms with Gasteiger partial charge in [0.2, 0.25) is 0 Å². The molecule has 0 atom stereocenters. The van der Waals surface area contributed by atoms with Crippen LogP contribution >= 0.6 is 12.2 Å². The standard InChI is InChI=1S/C14H18F3N3S/c1-20(2)12-6-10(14(15,16)17)5-11(7-12)19-13(21)18-8-9-3-4-9/h5-7,9H,3-4,8H2,1-2H3,(H2,18,19,21). The van der Waals surface area contributed by atoms with Gasteiger partial charge in [0.05, 0.1) is 5.56 Å². The zero-order valence-corrected chi connectivity index (χ0v) is 12.7. The highest BCUT2D eigenvalue weighted by atomic mass is 32.1. The first-order valence-corrected chi connectivity index (χ1v) is 7.11. The van der Waals surface area contributed by atoms with Gasteiger partial charge in [-0.25, -0.2) is 0 Å². The zero-order valence-electron chi connectivity index (χ0n) is 11.9. The molecule has 7 heteroatoms. The van der Waals surface area contributed by atoms with E-state index in [-0.39, 0.29) is 0 Å². The third-order valence-corrected chi connectivity index (χ3v) is 3.51. The summed E-state index contributed by atoms with van der Waals surface area (Å²) in [4.78, 5) is 1.63. The molecular formula is C14H18F3N3S. The van der Waals surface area contributed by atoms with Crippen LogP contribution in [0.1, 0.15) is 18.4 Å². The van der Waals surface area contributed by atoms with E-state index in [9.17, 15) is 13.2 Å². The van der Waals surface area contributed by atoms with Crippen molar-refractivity contribution in [3.63, 3.8) is 0 Å². The highest BCUT2D eigenvalue weighted by molar-refractivity contribution is 7.80. The largest absolute Gasteiger partial charge is 0.416 e. The van der Waals surface area contributed by atoms with Crippen molar-refractivity contribution in [1.82, 2.24) is 5.32 Å². The Morgan fingerprint density at radius 1 is 1.29 bits per heavy atom. The quantitative estimate of drug-likeness (QED) is 0.832. The van der Waals surface area contributed by atoms with Gasteiger partial charge in [0, 0.05) is 32.0 Å². The van der Waals surface area contributed by atoms with Crippen molar-refractivity contribution in [3.05, 3.63) is 23.8 Å². The Hall–Kier alpha value is -1.50. The van der Waals surface area contributed by atoms with Crippen molar-refractivity contribution >= 4 is 28.7 Å². The minimum absolute atomic E-state index is 0.335. The predicted molar refractivity (Wildman–Crippen MR) is 82.7 cm³/mol. The summed E-state index contributed by atoms with van der Waals surface area (Å²) in [6.07, 6.45) is -2.01. The fourth-order valence-electron chi connectivity index (χ4n) is 1.84. The topological polar surface area (TPSA) is 27.3 Å². The number of hydrogen-bond acceptors (Lipinski definition) is 2. The summed E-state index contributed by atoms with van der Waals surface area (Å²) < 4.78 is 38.7. The number of anilines is 2. The van der Waals surface area contributed by atoms with Crippen LogP contribution < -0.4 is 15.5 Å². The smallest absolute Gasteiger partial charge is 0.378 e. The lowest BCUT2D eigenvalue weighted by Crippen LogP contribution is -2.30. The highest BCUT2D eigenvalue weighted by Crippen LogP contribution is 2.34. The third kappa shape index (κ3) is 4.77. The van der Waals surface area contributed by atoms with E-state index in [1.165, 1.54) is 12.8 Å². The molecule has 0 spiro atoms. The maximum Gasteiger partial charge on any atom is 0.416 e. The second kappa shape index (κ2) is 6.09. The first-order chi connectivity index (χ1) is 9.75. The molecule has 0 unspecified atom stereocenters. The summed E-state index contributed by atoms with van der Waals surface area (Å²) in [5.41, 5.74) is 0.111. The van der Waals surface area contributed by atoms with Crippen molar-refractivity contribution in [1.29, 1.82) is 0 Å². The molecular weight excluding hydrogens is 299 g/mol. The van der Waals surface area contributed by atoms with Gasteiger partial charge in [-0.3, -0.25) is 0 Å². The normalized spacial score (nSPS) is 14.7. The van der Waals surface area contributed by atoms with Gasteiger partial charge in [0.1, 0.15) is 0 Å². The molecule has 116 valence electrons. The average molecular weight is 317 g/mol.